The summed E-state index contributed by atoms with van der Waals surface area (Å²) in [4.78, 5) is 11.5. The number of methoxy groups -OCH3 is 1. The predicted octanol–water partition coefficient (Wildman–Crippen LogP) is -1.54. The predicted molar refractivity (Wildman–Crippen MR) is 50.7 cm³/mol. The van der Waals surface area contributed by atoms with Crippen LogP contribution in [0.3, 0.4) is 0 Å². The Kier molecular flexibility index (Phi) is 4.34. The van der Waals surface area contributed by atoms with Crippen LogP contribution in [0.2, 0.25) is 0 Å². The van der Waals surface area contributed by atoms with Gasteiger partial charge in [0.25, 0.3) is 0 Å². The van der Waals surface area contributed by atoms with E-state index in [0.717, 1.165) is 7.11 Å². The number of hydrogen-bond donors (Lipinski definition) is 1. The van der Waals surface area contributed by atoms with E-state index >= 15 is 0 Å². The fraction of sp³-hybridized carbons (Fsp3) is 1.00. The van der Waals surface area contributed by atoms with Crippen LogP contribution in [0.1, 0.15) is 0 Å². The van der Waals surface area contributed by atoms with Crippen LogP contribution in [-0.4, -0.2) is 57.6 Å². The van der Waals surface area contributed by atoms with Gasteiger partial charge in [0, 0.05) is 20.2 Å². The third-order valence-electron chi connectivity index (χ3n) is 2.35. The molecule has 2 radical (unpaired) electrons. The van der Waals surface area contributed by atoms with E-state index in [1.54, 1.807) is 0 Å². The monoisotopic (exact) mass is 235 g/mol. The summed E-state index contributed by atoms with van der Waals surface area (Å²) >= 11 is 0. The first-order valence-corrected chi connectivity index (χ1v) is 5.99. The Balaban J connectivity index is 2.86. The molecule has 1 N–H and O–H groups in total. The molecule has 0 aromatic carbocycles. The van der Waals surface area contributed by atoms with E-state index in [0.29, 0.717) is 0 Å². The van der Waals surface area contributed by atoms with Gasteiger partial charge < -0.3 is 28.6 Å². The lowest BCUT2D eigenvalue weighted by molar-refractivity contribution is -0.201. The number of aliphatic hydroxyl groups is 1. The van der Waals surface area contributed by atoms with Gasteiger partial charge in [-0.3, -0.25) is 0 Å². The summed E-state index contributed by atoms with van der Waals surface area (Å²) in [5, 5.41) is 9.56. The first-order chi connectivity index (χ1) is 6.94. The van der Waals surface area contributed by atoms with Gasteiger partial charge >= 0.3 is 0 Å². The molecule has 1 aliphatic heterocycles. The molecule has 0 aliphatic carbocycles. The second-order valence-corrected chi connectivity index (χ2v) is 5.34. The minimum absolute atomic E-state index is 0.0328. The Hall–Kier alpha value is 0.0949. The van der Waals surface area contributed by atoms with Crippen LogP contribution in [-0.2, 0) is 18.6 Å². The Morgan fingerprint density at radius 1 is 1.60 bits per heavy atom. The minimum Gasteiger partial charge on any atom is -0.778 e. The summed E-state index contributed by atoms with van der Waals surface area (Å²) in [6.07, 6.45) is -2.10. The molecule has 1 aliphatic rings. The number of aliphatic hydroxyl groups excluding tert-OH is 1. The van der Waals surface area contributed by atoms with Crippen LogP contribution < -0.4 is 4.89 Å². The average Bonchev–Trinajstić information content (AvgIpc) is 2.44. The van der Waals surface area contributed by atoms with Crippen LogP contribution in [0.4, 0.5) is 0 Å². The van der Waals surface area contributed by atoms with Crippen LogP contribution in [0, 0.1) is 0 Å². The van der Waals surface area contributed by atoms with Gasteiger partial charge in [0.05, 0.1) is 24.5 Å². The second kappa shape index (κ2) is 4.95. The Bertz CT molecular complexity index is 262. The summed E-state index contributed by atoms with van der Waals surface area (Å²) in [6.45, 7) is 0.0328. The fourth-order valence-electron chi connectivity index (χ4n) is 1.59. The number of ether oxygens (including phenoxy) is 2. The zero-order valence-electron chi connectivity index (χ0n) is 8.53. The molecule has 0 amide bonds. The molecule has 5 unspecified atom stereocenters. The zero-order valence-corrected chi connectivity index (χ0v) is 9.42. The standard InChI is InChI=1S/C7H14BO6P/c1-12-3-4-6(15(10,11)13-2)5(9)7(8)14-4/h4-7,9H,3H2,1-2H3,(H,10,11)/p-1. The first kappa shape index (κ1) is 13.2. The molecule has 86 valence electrons. The van der Waals surface area contributed by atoms with E-state index in [9.17, 15) is 14.6 Å². The maximum absolute atomic E-state index is 11.5. The number of rotatable bonds is 4. The molecular formula is C7H13BO6P-. The van der Waals surface area contributed by atoms with Crippen LogP contribution >= 0.6 is 7.60 Å². The lowest BCUT2D eigenvalue weighted by atomic mass is 9.94. The minimum atomic E-state index is -4.19. The highest BCUT2D eigenvalue weighted by atomic mass is 31.2. The molecule has 0 spiro atoms. The molecule has 1 heterocycles. The van der Waals surface area contributed by atoms with Gasteiger partial charge in [0.1, 0.15) is 15.4 Å². The van der Waals surface area contributed by atoms with Crippen molar-refractivity contribution in [2.75, 3.05) is 20.8 Å². The Labute approximate surface area is 89.5 Å². The van der Waals surface area contributed by atoms with Gasteiger partial charge in [0.15, 0.2) is 0 Å². The largest absolute Gasteiger partial charge is 0.778 e. The summed E-state index contributed by atoms with van der Waals surface area (Å²) in [6, 6.07) is -1.03. The van der Waals surface area contributed by atoms with Crippen molar-refractivity contribution in [3.05, 3.63) is 0 Å². The van der Waals surface area contributed by atoms with Crippen molar-refractivity contribution in [2.24, 2.45) is 0 Å². The van der Waals surface area contributed by atoms with Crippen molar-refractivity contribution in [1.82, 2.24) is 0 Å². The first-order valence-electron chi connectivity index (χ1n) is 4.38. The second-order valence-electron chi connectivity index (χ2n) is 3.30. The topological polar surface area (TPSA) is 88.1 Å². The van der Waals surface area contributed by atoms with Crippen molar-refractivity contribution >= 4 is 15.4 Å². The highest BCUT2D eigenvalue weighted by molar-refractivity contribution is 7.52. The lowest BCUT2D eigenvalue weighted by Gasteiger charge is -2.32. The molecule has 5 atom stereocenters. The molecule has 0 bridgehead atoms. The molecule has 0 aromatic rings. The summed E-state index contributed by atoms with van der Waals surface area (Å²) in [5.74, 6) is 0. The summed E-state index contributed by atoms with van der Waals surface area (Å²) < 4.78 is 25.7. The molecule has 6 nitrogen and oxygen atoms in total. The summed E-state index contributed by atoms with van der Waals surface area (Å²) in [5.41, 5.74) is -1.18. The van der Waals surface area contributed by atoms with E-state index < -0.39 is 31.5 Å². The van der Waals surface area contributed by atoms with Crippen LogP contribution in [0.25, 0.3) is 0 Å². The zero-order chi connectivity index (χ0) is 11.6. The van der Waals surface area contributed by atoms with Crippen LogP contribution in [0.5, 0.6) is 0 Å². The van der Waals surface area contributed by atoms with Crippen molar-refractivity contribution in [2.45, 2.75) is 23.9 Å². The van der Waals surface area contributed by atoms with Crippen molar-refractivity contribution in [3.63, 3.8) is 0 Å². The molecule has 8 heteroatoms. The fourth-order valence-corrected chi connectivity index (χ4v) is 2.94. The van der Waals surface area contributed by atoms with E-state index in [2.05, 4.69) is 4.52 Å². The van der Waals surface area contributed by atoms with Crippen molar-refractivity contribution in [1.29, 1.82) is 0 Å². The quantitative estimate of drug-likeness (QED) is 0.469. The third kappa shape index (κ3) is 2.61. The molecule has 0 aromatic heterocycles. The summed E-state index contributed by atoms with van der Waals surface area (Å²) in [7, 11) is 3.65. The average molecular weight is 235 g/mol. The lowest BCUT2D eigenvalue weighted by Crippen LogP contribution is -2.38. The maximum Gasteiger partial charge on any atom is 0.143 e. The van der Waals surface area contributed by atoms with E-state index in [-0.39, 0.29) is 6.61 Å². The molecule has 0 saturated carbocycles. The smallest absolute Gasteiger partial charge is 0.143 e. The van der Waals surface area contributed by atoms with Gasteiger partial charge in [0.2, 0.25) is 0 Å². The van der Waals surface area contributed by atoms with E-state index in [1.807, 2.05) is 0 Å². The van der Waals surface area contributed by atoms with Crippen molar-refractivity contribution < 1.29 is 28.6 Å². The van der Waals surface area contributed by atoms with Crippen LogP contribution in [0.15, 0.2) is 0 Å². The van der Waals surface area contributed by atoms with Gasteiger partial charge in [-0.1, -0.05) is 0 Å². The molecular weight excluding hydrogens is 222 g/mol. The molecule has 1 fully saturated rings. The Morgan fingerprint density at radius 2 is 2.20 bits per heavy atom. The number of hydrogen-bond acceptors (Lipinski definition) is 6. The SMILES string of the molecule is [B]C1OC(COC)C(P(=O)([O-])OC)C1O. The van der Waals surface area contributed by atoms with Crippen molar-refractivity contribution in [3.8, 4) is 0 Å². The Morgan fingerprint density at radius 3 is 2.67 bits per heavy atom. The maximum atomic E-state index is 11.5. The normalized spacial score (nSPS) is 40.3. The third-order valence-corrected chi connectivity index (χ3v) is 4.23. The van der Waals surface area contributed by atoms with Gasteiger partial charge in [-0.05, 0) is 0 Å². The highest BCUT2D eigenvalue weighted by Crippen LogP contribution is 2.49. The van der Waals surface area contributed by atoms with E-state index in [1.165, 1.54) is 7.11 Å². The molecule has 1 rings (SSSR count). The molecule has 15 heavy (non-hydrogen) atoms. The van der Waals surface area contributed by atoms with Gasteiger partial charge in [-0.15, -0.1) is 0 Å². The van der Waals surface area contributed by atoms with E-state index in [4.69, 9.17) is 17.3 Å². The molecule has 1 saturated heterocycles. The highest BCUT2D eigenvalue weighted by Gasteiger charge is 2.46. The van der Waals surface area contributed by atoms with Gasteiger partial charge in [-0.2, -0.15) is 0 Å². The van der Waals surface area contributed by atoms with Gasteiger partial charge in [-0.25, -0.2) is 0 Å².